The fourth-order valence-corrected chi connectivity index (χ4v) is 6.03. The van der Waals surface area contributed by atoms with E-state index in [1.807, 2.05) is 33.8 Å². The normalized spacial score (nSPS) is 20.8. The van der Waals surface area contributed by atoms with Crippen LogP contribution in [-0.2, 0) is 16.9 Å². The Morgan fingerprint density at radius 2 is 2.08 bits per heavy atom. The van der Waals surface area contributed by atoms with Gasteiger partial charge in [0, 0.05) is 16.2 Å². The summed E-state index contributed by atoms with van der Waals surface area (Å²) in [4.78, 5) is 0.973. The van der Waals surface area contributed by atoms with Crippen molar-refractivity contribution < 1.29 is 4.55 Å². The van der Waals surface area contributed by atoms with Crippen LogP contribution >= 0.6 is 38.9 Å². The molecule has 2 rings (SSSR count). The average molecular weight is 452 g/mol. The smallest absolute Gasteiger partial charge is 0.136 e. The molecule has 0 aliphatic heterocycles. The van der Waals surface area contributed by atoms with Gasteiger partial charge in [-0.2, -0.15) is 5.26 Å². The first-order valence-electron chi connectivity index (χ1n) is 8.08. The molecule has 0 radical (unpaired) electrons. The van der Waals surface area contributed by atoms with Gasteiger partial charge >= 0.3 is 0 Å². The van der Waals surface area contributed by atoms with Crippen LogP contribution in [-0.4, -0.2) is 9.30 Å². The molecule has 1 saturated carbocycles. The lowest BCUT2D eigenvalue weighted by Crippen LogP contribution is -2.50. The van der Waals surface area contributed by atoms with E-state index in [1.165, 1.54) is 0 Å². The van der Waals surface area contributed by atoms with E-state index < -0.39 is 16.9 Å². The minimum atomic E-state index is -1.22. The van der Waals surface area contributed by atoms with Crippen LogP contribution in [0.4, 0.5) is 0 Å². The first kappa shape index (κ1) is 20.5. The molecule has 1 heterocycles. The fraction of sp³-hybridized carbons (Fsp3) is 0.706. The second-order valence-corrected chi connectivity index (χ2v) is 12.6. The Morgan fingerprint density at radius 3 is 2.46 bits per heavy atom. The zero-order valence-electron chi connectivity index (χ0n) is 14.5. The topological polar surface area (TPSA) is 58.9 Å². The predicted octanol–water partition coefficient (Wildman–Crippen LogP) is 5.91. The van der Waals surface area contributed by atoms with Gasteiger partial charge in [0.15, 0.2) is 0 Å². The lowest BCUT2D eigenvalue weighted by molar-refractivity contribution is 0.174. The van der Waals surface area contributed by atoms with Gasteiger partial charge in [-0.1, -0.05) is 18.0 Å². The number of nitrogens with one attached hydrogen (secondary N) is 1. The van der Waals surface area contributed by atoms with E-state index in [0.717, 1.165) is 40.8 Å². The highest BCUT2D eigenvalue weighted by Crippen LogP contribution is 2.48. The molecule has 134 valence electrons. The molecule has 1 N–H and O–H groups in total. The molecule has 1 unspecified atom stereocenters. The predicted molar refractivity (Wildman–Crippen MR) is 107 cm³/mol. The van der Waals surface area contributed by atoms with E-state index in [9.17, 15) is 9.81 Å². The van der Waals surface area contributed by atoms with Crippen molar-refractivity contribution in [3.05, 3.63) is 19.8 Å². The van der Waals surface area contributed by atoms with Crippen LogP contribution < -0.4 is 4.72 Å². The molecule has 24 heavy (non-hydrogen) atoms. The summed E-state index contributed by atoms with van der Waals surface area (Å²) >= 11 is 10.3. The van der Waals surface area contributed by atoms with Gasteiger partial charge in [0.1, 0.15) is 4.75 Å². The second kappa shape index (κ2) is 7.46. The van der Waals surface area contributed by atoms with Crippen LogP contribution in [0.1, 0.15) is 64.7 Å². The highest BCUT2D eigenvalue weighted by molar-refractivity contribution is 9.11. The van der Waals surface area contributed by atoms with Gasteiger partial charge in [-0.25, -0.2) is 0 Å². The van der Waals surface area contributed by atoms with Crippen molar-refractivity contribution in [3.8, 4) is 6.07 Å². The Bertz CT molecular complexity index is 634. The van der Waals surface area contributed by atoms with Gasteiger partial charge in [-0.05, 0) is 75.4 Å². The van der Waals surface area contributed by atoms with Crippen molar-refractivity contribution in [2.75, 3.05) is 0 Å². The number of thiophene rings is 1. The molecule has 0 amide bonds. The summed E-state index contributed by atoms with van der Waals surface area (Å²) in [5.74, 6) is 0. The first-order chi connectivity index (χ1) is 11.0. The van der Waals surface area contributed by atoms with Crippen molar-refractivity contribution >= 4 is 50.2 Å². The third kappa shape index (κ3) is 4.49. The molecule has 1 aromatic heterocycles. The number of hydrogen-bond donors (Lipinski definition) is 1. The monoisotopic (exact) mass is 450 g/mol. The van der Waals surface area contributed by atoms with E-state index >= 15 is 0 Å². The maximum Gasteiger partial charge on any atom is 0.136 e. The van der Waals surface area contributed by atoms with Crippen molar-refractivity contribution in [2.45, 2.75) is 70.1 Å². The fourth-order valence-electron chi connectivity index (χ4n) is 2.80. The van der Waals surface area contributed by atoms with E-state index in [-0.39, 0.29) is 10.2 Å². The Kier molecular flexibility index (Phi) is 6.38. The van der Waals surface area contributed by atoms with Crippen LogP contribution in [0.5, 0.6) is 0 Å². The van der Waals surface area contributed by atoms with E-state index in [2.05, 4.69) is 26.7 Å². The Balaban J connectivity index is 2.27. The molecule has 0 aromatic carbocycles. The molecule has 1 fully saturated rings. The second-order valence-electron chi connectivity index (χ2n) is 7.79. The molecule has 0 bridgehead atoms. The molecule has 0 spiro atoms. The maximum absolute atomic E-state index is 12.7. The maximum atomic E-state index is 12.7. The highest BCUT2D eigenvalue weighted by Gasteiger charge is 2.44. The summed E-state index contributed by atoms with van der Waals surface area (Å²) < 4.78 is 16.6. The van der Waals surface area contributed by atoms with Gasteiger partial charge in [0.25, 0.3) is 0 Å². The molecule has 1 aliphatic carbocycles. The summed E-state index contributed by atoms with van der Waals surface area (Å²) in [5.41, 5.74) is -0.738. The quantitative estimate of drug-likeness (QED) is 0.547. The molecule has 7 heteroatoms. The molecule has 2 atom stereocenters. The first-order valence-corrected chi connectivity index (χ1v) is 11.2. The van der Waals surface area contributed by atoms with Crippen molar-refractivity contribution in [1.82, 2.24) is 4.72 Å². The number of rotatable bonds is 6. The van der Waals surface area contributed by atoms with Crippen LogP contribution in [0, 0.1) is 16.7 Å². The van der Waals surface area contributed by atoms with Crippen molar-refractivity contribution in [1.29, 1.82) is 5.26 Å². The van der Waals surface area contributed by atoms with E-state index in [4.69, 9.17) is 11.6 Å². The van der Waals surface area contributed by atoms with Gasteiger partial charge in [0.05, 0.1) is 25.8 Å². The zero-order chi connectivity index (χ0) is 18.2. The highest BCUT2D eigenvalue weighted by atomic mass is 79.9. The van der Waals surface area contributed by atoms with Gasteiger partial charge < -0.3 is 4.55 Å². The van der Waals surface area contributed by atoms with Gasteiger partial charge in [-0.15, -0.1) is 16.1 Å². The largest absolute Gasteiger partial charge is 0.598 e. The third-order valence-electron chi connectivity index (χ3n) is 4.68. The summed E-state index contributed by atoms with van der Waals surface area (Å²) in [5, 5.41) is 10.2. The minimum Gasteiger partial charge on any atom is -0.598 e. The van der Waals surface area contributed by atoms with E-state index in [1.54, 1.807) is 11.3 Å². The van der Waals surface area contributed by atoms with E-state index in [0.29, 0.717) is 5.02 Å². The number of nitrogens with zero attached hydrogens (tertiary/aromatic N) is 1. The van der Waals surface area contributed by atoms with Crippen LogP contribution in [0.25, 0.3) is 0 Å². The molecular weight excluding hydrogens is 428 g/mol. The van der Waals surface area contributed by atoms with Crippen LogP contribution in [0.15, 0.2) is 9.85 Å². The number of hydrogen-bond acceptors (Lipinski definition) is 4. The molecular formula is C17H24BrClN2OS2. The molecule has 1 aliphatic rings. The number of halogens is 2. The average Bonchev–Trinajstić information content (AvgIpc) is 2.76. The Labute approximate surface area is 165 Å². The Morgan fingerprint density at radius 1 is 1.46 bits per heavy atom. The minimum absolute atomic E-state index is 0.215. The summed E-state index contributed by atoms with van der Waals surface area (Å²) in [6.45, 7) is 7.89. The lowest BCUT2D eigenvalue weighted by atomic mass is 9.66. The van der Waals surface area contributed by atoms with Gasteiger partial charge in [0.2, 0.25) is 0 Å². The standard InChI is InChI=1S/C17H24BrClN2OS2/c1-15(2,3)24(22)21-16(4,14-12(19)10-13(18)23-14)8-9-17(11-20)6-5-7-17/h10,21H,5-9H2,1-4H3/t16-,24?/m0/s1. The lowest BCUT2D eigenvalue weighted by Gasteiger charge is -2.40. The molecule has 1 aromatic rings. The Hall–Kier alpha value is 0.230. The van der Waals surface area contributed by atoms with Crippen LogP contribution in [0.3, 0.4) is 0 Å². The molecule has 3 nitrogen and oxygen atoms in total. The summed E-state index contributed by atoms with van der Waals surface area (Å²) in [7, 11) is 0. The number of nitriles is 1. The third-order valence-corrected chi connectivity index (χ3v) is 8.74. The van der Waals surface area contributed by atoms with Crippen molar-refractivity contribution in [3.63, 3.8) is 0 Å². The zero-order valence-corrected chi connectivity index (χ0v) is 18.5. The van der Waals surface area contributed by atoms with Gasteiger partial charge in [-0.3, -0.25) is 0 Å². The van der Waals surface area contributed by atoms with Crippen LogP contribution in [0.2, 0.25) is 5.02 Å². The SMILES string of the molecule is CC(C)(C)[S+]([O-])N[C@@](C)(CCC1(C#N)CCC1)c1sc(Br)cc1Cl. The summed E-state index contributed by atoms with van der Waals surface area (Å²) in [6.07, 6.45) is 4.57. The molecule has 0 saturated heterocycles. The van der Waals surface area contributed by atoms with Crippen molar-refractivity contribution in [2.24, 2.45) is 5.41 Å². The summed E-state index contributed by atoms with van der Waals surface area (Å²) in [6, 6.07) is 4.38.